The van der Waals surface area contributed by atoms with E-state index in [4.69, 9.17) is 4.74 Å². The van der Waals surface area contributed by atoms with Crippen LogP contribution in [0.5, 0.6) is 11.5 Å². The quantitative estimate of drug-likeness (QED) is 0.163. The molecule has 2 aromatic rings. The molecule has 2 aliphatic rings. The number of hydrogen-bond acceptors (Lipinski definition) is 8. The number of halogens is 1. The zero-order valence-corrected chi connectivity index (χ0v) is 24.7. The van der Waals surface area contributed by atoms with Crippen molar-refractivity contribution in [2.45, 2.75) is 38.7 Å². The maximum Gasteiger partial charge on any atom is 0.233 e. The third-order valence-corrected chi connectivity index (χ3v) is 8.58. The van der Waals surface area contributed by atoms with E-state index in [9.17, 15) is 30.0 Å². The lowest BCUT2D eigenvalue weighted by atomic mass is 9.68. The van der Waals surface area contributed by atoms with E-state index >= 15 is 0 Å². The summed E-state index contributed by atoms with van der Waals surface area (Å²) in [4.78, 5) is 32.0. The second kappa shape index (κ2) is 13.2. The van der Waals surface area contributed by atoms with Crippen molar-refractivity contribution in [3.63, 3.8) is 0 Å². The molecule has 0 bridgehead atoms. The Morgan fingerprint density at radius 1 is 1.25 bits per heavy atom. The number of aromatic hydroxyl groups is 1. The van der Waals surface area contributed by atoms with Gasteiger partial charge in [0, 0.05) is 18.7 Å². The number of phenolic OH excluding ortho intramolecular Hbond substituents is 1. The topological polar surface area (TPSA) is 140 Å². The highest BCUT2D eigenvalue weighted by atomic mass is 127. The van der Waals surface area contributed by atoms with Gasteiger partial charge in [0.1, 0.15) is 0 Å². The number of carbonyl (C=O) groups excluding carboxylic acids is 2. The van der Waals surface area contributed by atoms with Gasteiger partial charge >= 0.3 is 0 Å². The van der Waals surface area contributed by atoms with Crippen LogP contribution in [0.1, 0.15) is 43.9 Å². The zero-order valence-electron chi connectivity index (χ0n) is 22.6. The van der Waals surface area contributed by atoms with Gasteiger partial charge in [-0.05, 0) is 101 Å². The van der Waals surface area contributed by atoms with E-state index in [1.54, 1.807) is 12.3 Å². The van der Waals surface area contributed by atoms with Crippen LogP contribution in [0.3, 0.4) is 0 Å². The summed E-state index contributed by atoms with van der Waals surface area (Å²) in [5.41, 5.74) is 3.27. The van der Waals surface area contributed by atoms with Crippen LogP contribution in [-0.2, 0) is 9.59 Å². The summed E-state index contributed by atoms with van der Waals surface area (Å²) in [5, 5.41) is 42.3. The molecule has 214 valence electrons. The van der Waals surface area contributed by atoms with Crippen LogP contribution >= 0.6 is 22.6 Å². The molecule has 40 heavy (non-hydrogen) atoms. The minimum absolute atomic E-state index is 0.0571. The third kappa shape index (κ3) is 5.95. The Hall–Kier alpha value is -2.80. The minimum Gasteiger partial charge on any atom is -0.504 e. The average Bonchev–Trinajstić information content (AvgIpc) is 3.20. The summed E-state index contributed by atoms with van der Waals surface area (Å²) in [6.07, 6.45) is 3.99. The normalized spacial score (nSPS) is 22.1. The summed E-state index contributed by atoms with van der Waals surface area (Å²) < 4.78 is 5.93. The van der Waals surface area contributed by atoms with Gasteiger partial charge in [-0.1, -0.05) is 13.0 Å². The summed E-state index contributed by atoms with van der Waals surface area (Å²) in [6.45, 7) is 1.43. The number of aromatic nitrogens is 1. The fourth-order valence-corrected chi connectivity index (χ4v) is 6.55. The number of benzene rings is 1. The van der Waals surface area contributed by atoms with Crippen molar-refractivity contribution in [2.75, 3.05) is 26.9 Å². The van der Waals surface area contributed by atoms with E-state index in [0.717, 1.165) is 11.1 Å². The summed E-state index contributed by atoms with van der Waals surface area (Å²) in [6, 6.07) is 9.09. The zero-order chi connectivity index (χ0) is 29.0. The molecule has 1 aliphatic heterocycles. The number of allylic oxidation sites excluding steroid dienone is 1. The molecule has 2 heterocycles. The molecular formula is C30H35IN2O7. The third-order valence-electron chi connectivity index (χ3n) is 7.76. The fraction of sp³-hybridized carbons (Fsp3) is 0.433. The van der Waals surface area contributed by atoms with Crippen molar-refractivity contribution in [3.8, 4) is 11.5 Å². The van der Waals surface area contributed by atoms with Crippen molar-refractivity contribution < 1.29 is 34.8 Å². The van der Waals surface area contributed by atoms with E-state index in [2.05, 4.69) is 4.98 Å². The van der Waals surface area contributed by atoms with Crippen molar-refractivity contribution in [1.29, 1.82) is 0 Å². The lowest BCUT2D eigenvalue weighted by Gasteiger charge is -2.36. The van der Waals surface area contributed by atoms with Crippen molar-refractivity contribution >= 4 is 46.1 Å². The molecule has 1 aromatic heterocycles. The molecule has 10 heteroatoms. The molecule has 1 fully saturated rings. The number of aliphatic hydroxyl groups is 3. The smallest absolute Gasteiger partial charge is 0.233 e. The van der Waals surface area contributed by atoms with Gasteiger partial charge in [0.05, 0.1) is 47.5 Å². The Balaban J connectivity index is 1.64. The van der Waals surface area contributed by atoms with Crippen LogP contribution in [0, 0.1) is 21.3 Å². The Kier molecular flexibility index (Phi) is 9.99. The van der Waals surface area contributed by atoms with E-state index in [-0.39, 0.29) is 37.0 Å². The highest BCUT2D eigenvalue weighted by Gasteiger charge is 2.54. The number of ether oxygens (including phenoxy) is 1. The predicted octanol–water partition coefficient (Wildman–Crippen LogP) is 3.39. The fourth-order valence-electron chi connectivity index (χ4n) is 5.92. The summed E-state index contributed by atoms with van der Waals surface area (Å²) >= 11 is 2.03. The largest absolute Gasteiger partial charge is 0.504 e. The number of methoxy groups -OCH3 is 1. The molecular weight excluding hydrogens is 627 g/mol. The number of nitrogens with zero attached hydrogens (tertiary/aromatic N) is 2. The molecule has 0 unspecified atom stereocenters. The van der Waals surface area contributed by atoms with Crippen LogP contribution < -0.4 is 4.74 Å². The molecule has 2 amide bonds. The number of rotatable bonds is 11. The maximum absolute atomic E-state index is 13.2. The number of likely N-dealkylation sites (tertiary alicyclic amines) is 1. The highest BCUT2D eigenvalue weighted by Crippen LogP contribution is 2.46. The van der Waals surface area contributed by atoms with Gasteiger partial charge in [-0.15, -0.1) is 0 Å². The second-order valence-corrected chi connectivity index (χ2v) is 11.3. The Bertz CT molecular complexity index is 1310. The second-order valence-electron chi connectivity index (χ2n) is 10.2. The van der Waals surface area contributed by atoms with E-state index in [1.165, 1.54) is 12.0 Å². The maximum atomic E-state index is 13.2. The van der Waals surface area contributed by atoms with Crippen LogP contribution in [0.15, 0.2) is 47.7 Å². The molecule has 1 aliphatic carbocycles. The summed E-state index contributed by atoms with van der Waals surface area (Å²) in [7, 11) is 1.48. The number of phenols is 1. The molecule has 4 rings (SSSR count). The predicted molar refractivity (Wildman–Crippen MR) is 158 cm³/mol. The molecule has 0 saturated carbocycles. The molecule has 0 spiro atoms. The van der Waals surface area contributed by atoms with Crippen LogP contribution in [0.25, 0.3) is 11.6 Å². The first-order valence-corrected chi connectivity index (χ1v) is 14.5. The van der Waals surface area contributed by atoms with Gasteiger partial charge < -0.3 is 25.2 Å². The van der Waals surface area contributed by atoms with Crippen molar-refractivity contribution in [3.05, 3.63) is 62.5 Å². The highest BCUT2D eigenvalue weighted by molar-refractivity contribution is 14.1. The Morgan fingerprint density at radius 2 is 2.02 bits per heavy atom. The van der Waals surface area contributed by atoms with E-state index < -0.39 is 30.5 Å². The van der Waals surface area contributed by atoms with Crippen molar-refractivity contribution in [1.82, 2.24) is 9.88 Å². The number of carbonyl (C=O) groups is 2. The average molecular weight is 663 g/mol. The van der Waals surface area contributed by atoms with Crippen molar-refractivity contribution in [2.24, 2.45) is 17.8 Å². The number of fused-ring (bicyclic) bond motifs is 1. The number of hydrogen-bond donors (Lipinski definition) is 4. The standard InChI is InChI=1S/C30H35IN2O7/c1-3-10-33-29(38)20-14-19(15-34)26(21(16-35)27(20)30(33)39)24(36)8-7-18(23-6-4-5-9-32-23)11-17-12-22(31)28(37)25(13-17)40-2/h4-6,9,11-13,20-21,24,27,34-37H,3,7-8,10,14-16H2,1-2H3/b18-11-/t20-,21+,24-,27-/m1/s1. The van der Waals surface area contributed by atoms with Gasteiger partial charge in [0.15, 0.2) is 11.5 Å². The molecule has 9 nitrogen and oxygen atoms in total. The molecule has 4 N–H and O–H groups in total. The van der Waals surface area contributed by atoms with Crippen LogP contribution in [-0.4, -0.2) is 75.1 Å². The van der Waals surface area contributed by atoms with Gasteiger partial charge in [0.25, 0.3) is 0 Å². The Morgan fingerprint density at radius 3 is 2.65 bits per heavy atom. The SMILES string of the molecule is CCCN1C(=O)[C@@H]2[C@@H](CC(CO)=C([C@H](O)CC/C(=C/c3cc(I)c(O)c(OC)c3)c3ccccn3)[C@@H]2CO)C1=O. The summed E-state index contributed by atoms with van der Waals surface area (Å²) in [5.74, 6) is -2.32. The van der Waals surface area contributed by atoms with E-state index in [0.29, 0.717) is 45.5 Å². The first kappa shape index (κ1) is 30.2. The lowest BCUT2D eigenvalue weighted by Crippen LogP contribution is -2.39. The number of amides is 2. The molecule has 1 saturated heterocycles. The van der Waals surface area contributed by atoms with Gasteiger partial charge in [-0.3, -0.25) is 19.5 Å². The monoisotopic (exact) mass is 662 g/mol. The minimum atomic E-state index is -1.05. The van der Waals surface area contributed by atoms with Gasteiger partial charge in [0.2, 0.25) is 11.8 Å². The van der Waals surface area contributed by atoms with Crippen LogP contribution in [0.2, 0.25) is 0 Å². The number of aliphatic hydroxyl groups excluding tert-OH is 3. The first-order chi connectivity index (χ1) is 19.2. The first-order valence-electron chi connectivity index (χ1n) is 13.4. The number of pyridine rings is 1. The lowest BCUT2D eigenvalue weighted by molar-refractivity contribution is -0.140. The van der Waals surface area contributed by atoms with Gasteiger partial charge in [-0.25, -0.2) is 0 Å². The van der Waals surface area contributed by atoms with Gasteiger partial charge in [-0.2, -0.15) is 0 Å². The molecule has 0 radical (unpaired) electrons. The van der Waals surface area contributed by atoms with Crippen LogP contribution in [0.4, 0.5) is 0 Å². The van der Waals surface area contributed by atoms with E-state index in [1.807, 2.05) is 59.9 Å². The molecule has 1 aromatic carbocycles. The number of imide groups is 1. The molecule has 4 atom stereocenters. The Labute approximate surface area is 247 Å².